The predicted molar refractivity (Wildman–Crippen MR) is 141 cm³/mol. The maximum Gasteiger partial charge on any atom is 0.410 e. The van der Waals surface area contributed by atoms with E-state index in [0.717, 1.165) is 51.2 Å². The van der Waals surface area contributed by atoms with Crippen LogP contribution in [0.5, 0.6) is 0 Å². The monoisotopic (exact) mass is 570 g/mol. The highest BCUT2D eigenvalue weighted by Crippen LogP contribution is 2.37. The molecule has 1 aromatic carbocycles. The Labute approximate surface area is 215 Å². The predicted octanol–water partition coefficient (Wildman–Crippen LogP) is 4.48. The second-order valence-corrected chi connectivity index (χ2v) is 10.3. The van der Waals surface area contributed by atoms with E-state index in [1.54, 1.807) is 0 Å². The Kier molecular flexibility index (Phi) is 8.89. The van der Waals surface area contributed by atoms with Crippen LogP contribution in [0.3, 0.4) is 0 Å². The lowest BCUT2D eigenvalue weighted by Crippen LogP contribution is -2.55. The molecule has 1 aromatic rings. The molecule has 8 heteroatoms. The molecular formula is C25H39IN4O3. The summed E-state index contributed by atoms with van der Waals surface area (Å²) in [6.45, 7) is 7.39. The number of aliphatic imine (C=N–C) groups is 1. The van der Waals surface area contributed by atoms with Gasteiger partial charge >= 0.3 is 6.09 Å². The van der Waals surface area contributed by atoms with Gasteiger partial charge in [-0.1, -0.05) is 30.3 Å². The largest absolute Gasteiger partial charge is 0.444 e. The molecule has 2 bridgehead atoms. The number of halogens is 1. The van der Waals surface area contributed by atoms with Crippen molar-refractivity contribution in [3.8, 4) is 0 Å². The summed E-state index contributed by atoms with van der Waals surface area (Å²) < 4.78 is 11.7. The van der Waals surface area contributed by atoms with Crippen LogP contribution in [0.2, 0.25) is 0 Å². The Hall–Kier alpha value is -1.55. The van der Waals surface area contributed by atoms with Gasteiger partial charge in [-0.05, 0) is 58.4 Å². The van der Waals surface area contributed by atoms with E-state index < -0.39 is 5.60 Å². The number of guanidine groups is 1. The zero-order valence-corrected chi connectivity index (χ0v) is 22.6. The highest BCUT2D eigenvalue weighted by atomic mass is 127. The molecule has 0 spiro atoms. The Morgan fingerprint density at radius 2 is 1.82 bits per heavy atom. The Balaban J connectivity index is 0.00000306. The minimum absolute atomic E-state index is 0. The summed E-state index contributed by atoms with van der Waals surface area (Å²) in [5.41, 5.74) is 0.782. The van der Waals surface area contributed by atoms with Gasteiger partial charge in [0.05, 0.1) is 6.10 Å². The second-order valence-electron chi connectivity index (χ2n) is 10.3. The van der Waals surface area contributed by atoms with Gasteiger partial charge < -0.3 is 25.0 Å². The van der Waals surface area contributed by atoms with Gasteiger partial charge in [-0.3, -0.25) is 4.99 Å². The van der Waals surface area contributed by atoms with Crippen molar-refractivity contribution in [1.82, 2.24) is 15.5 Å². The highest BCUT2D eigenvalue weighted by molar-refractivity contribution is 14.0. The summed E-state index contributed by atoms with van der Waals surface area (Å²) in [5, 5.41) is 7.14. The summed E-state index contributed by atoms with van der Waals surface area (Å²) >= 11 is 0. The van der Waals surface area contributed by atoms with Crippen LogP contribution in [0.4, 0.5) is 4.79 Å². The Morgan fingerprint density at radius 3 is 2.42 bits per heavy atom. The number of hydrogen-bond acceptors (Lipinski definition) is 4. The number of hydrogen-bond donors (Lipinski definition) is 2. The van der Waals surface area contributed by atoms with Crippen molar-refractivity contribution in [3.05, 3.63) is 35.9 Å². The van der Waals surface area contributed by atoms with Crippen molar-refractivity contribution in [2.24, 2.45) is 10.9 Å². The maximum atomic E-state index is 12.7. The molecule has 3 heterocycles. The third-order valence-corrected chi connectivity index (χ3v) is 6.78. The first kappa shape index (κ1) is 26.1. The molecule has 4 atom stereocenters. The first-order chi connectivity index (χ1) is 15.3. The standard InChI is InChI=1S/C25H38N4O3.HI/c1-25(2,3)32-24(30)29-20-10-11-21(29)15-19(14-20)28-23(26-4)27-16-18-12-13-31-22(18)17-8-6-5-7-9-17;/h5-9,18-22H,10-16H2,1-4H3,(H2,26,27,28);1H. The van der Waals surface area contributed by atoms with E-state index in [4.69, 9.17) is 9.47 Å². The lowest BCUT2D eigenvalue weighted by atomic mass is 9.95. The molecule has 0 saturated carbocycles. The molecule has 0 radical (unpaired) electrons. The van der Waals surface area contributed by atoms with Crippen LogP contribution < -0.4 is 10.6 Å². The molecule has 0 aliphatic carbocycles. The summed E-state index contributed by atoms with van der Waals surface area (Å²) in [7, 11) is 1.82. The van der Waals surface area contributed by atoms with Gasteiger partial charge in [0.15, 0.2) is 5.96 Å². The van der Waals surface area contributed by atoms with Crippen LogP contribution >= 0.6 is 24.0 Å². The molecule has 3 aliphatic rings. The number of fused-ring (bicyclic) bond motifs is 2. The molecule has 1 amide bonds. The lowest BCUT2D eigenvalue weighted by Gasteiger charge is -2.40. The fourth-order valence-corrected chi connectivity index (χ4v) is 5.38. The van der Waals surface area contributed by atoms with Crippen molar-refractivity contribution >= 4 is 36.0 Å². The van der Waals surface area contributed by atoms with E-state index in [0.29, 0.717) is 12.0 Å². The van der Waals surface area contributed by atoms with E-state index in [9.17, 15) is 4.79 Å². The van der Waals surface area contributed by atoms with Gasteiger partial charge in [-0.15, -0.1) is 24.0 Å². The molecule has 3 saturated heterocycles. The van der Waals surface area contributed by atoms with Gasteiger partial charge in [0.25, 0.3) is 0 Å². The van der Waals surface area contributed by atoms with Crippen LogP contribution in [-0.4, -0.2) is 60.9 Å². The summed E-state index contributed by atoms with van der Waals surface area (Å²) in [5.74, 6) is 1.25. The molecule has 2 N–H and O–H groups in total. The van der Waals surface area contributed by atoms with Crippen LogP contribution in [0.15, 0.2) is 35.3 Å². The van der Waals surface area contributed by atoms with Crippen molar-refractivity contribution in [2.45, 2.75) is 82.7 Å². The number of amides is 1. The van der Waals surface area contributed by atoms with Crippen LogP contribution in [0.1, 0.15) is 64.5 Å². The fourth-order valence-electron chi connectivity index (χ4n) is 5.38. The molecular weight excluding hydrogens is 531 g/mol. The van der Waals surface area contributed by atoms with Crippen LogP contribution in [-0.2, 0) is 9.47 Å². The zero-order valence-electron chi connectivity index (χ0n) is 20.3. The minimum atomic E-state index is -0.459. The number of carbonyl (C=O) groups is 1. The number of rotatable bonds is 4. The van der Waals surface area contributed by atoms with E-state index in [2.05, 4.69) is 39.9 Å². The molecule has 7 nitrogen and oxygen atoms in total. The van der Waals surface area contributed by atoms with Crippen molar-refractivity contribution in [1.29, 1.82) is 0 Å². The molecule has 0 aromatic heterocycles. The van der Waals surface area contributed by atoms with Gasteiger partial charge in [0.1, 0.15) is 5.60 Å². The topological polar surface area (TPSA) is 75.2 Å². The summed E-state index contributed by atoms with van der Waals surface area (Å²) in [6.07, 6.45) is 4.96. The Morgan fingerprint density at radius 1 is 1.15 bits per heavy atom. The Bertz CT molecular complexity index is 800. The van der Waals surface area contributed by atoms with E-state index in [-0.39, 0.29) is 48.3 Å². The number of ether oxygens (including phenoxy) is 2. The quantitative estimate of drug-likeness (QED) is 0.318. The van der Waals surface area contributed by atoms with Gasteiger partial charge in [-0.25, -0.2) is 4.79 Å². The molecule has 4 unspecified atom stereocenters. The first-order valence-electron chi connectivity index (χ1n) is 12.0. The number of benzene rings is 1. The number of nitrogens with zero attached hydrogens (tertiary/aromatic N) is 2. The third-order valence-electron chi connectivity index (χ3n) is 6.78. The third kappa shape index (κ3) is 6.53. The zero-order chi connectivity index (χ0) is 22.7. The van der Waals surface area contributed by atoms with Crippen LogP contribution in [0, 0.1) is 5.92 Å². The number of piperidine rings is 1. The smallest absolute Gasteiger partial charge is 0.410 e. The second kappa shape index (κ2) is 11.3. The fraction of sp³-hybridized carbons (Fsp3) is 0.680. The normalized spacial score (nSPS) is 29.4. The average Bonchev–Trinajstić information content (AvgIpc) is 3.33. The minimum Gasteiger partial charge on any atom is -0.444 e. The lowest BCUT2D eigenvalue weighted by molar-refractivity contribution is 0.00545. The van der Waals surface area contributed by atoms with Crippen molar-refractivity contribution < 1.29 is 14.3 Å². The van der Waals surface area contributed by atoms with Gasteiger partial charge in [0, 0.05) is 44.2 Å². The summed E-state index contributed by atoms with van der Waals surface area (Å²) in [4.78, 5) is 19.1. The summed E-state index contributed by atoms with van der Waals surface area (Å²) in [6, 6.07) is 11.3. The number of nitrogens with one attached hydrogen (secondary N) is 2. The molecule has 3 fully saturated rings. The van der Waals surface area contributed by atoms with E-state index in [1.807, 2.05) is 38.8 Å². The average molecular weight is 571 g/mol. The van der Waals surface area contributed by atoms with Crippen molar-refractivity contribution in [2.75, 3.05) is 20.2 Å². The molecule has 184 valence electrons. The van der Waals surface area contributed by atoms with Crippen LogP contribution in [0.25, 0.3) is 0 Å². The molecule has 3 aliphatic heterocycles. The van der Waals surface area contributed by atoms with Crippen molar-refractivity contribution in [3.63, 3.8) is 0 Å². The maximum absolute atomic E-state index is 12.7. The number of carbonyl (C=O) groups excluding carboxylic acids is 1. The molecule has 33 heavy (non-hydrogen) atoms. The molecule has 4 rings (SSSR count). The SMILES string of the molecule is CN=C(NCC1CCOC1c1ccccc1)NC1CC2CCC(C1)N2C(=O)OC(C)(C)C.I. The first-order valence-corrected chi connectivity index (χ1v) is 12.0. The van der Waals surface area contributed by atoms with Gasteiger partial charge in [0.2, 0.25) is 0 Å². The highest BCUT2D eigenvalue weighted by Gasteiger charge is 2.45. The van der Waals surface area contributed by atoms with E-state index in [1.165, 1.54) is 5.56 Å². The van der Waals surface area contributed by atoms with E-state index >= 15 is 0 Å². The van der Waals surface area contributed by atoms with Gasteiger partial charge in [-0.2, -0.15) is 0 Å².